The van der Waals surface area contributed by atoms with Gasteiger partial charge in [0.15, 0.2) is 5.82 Å². The number of rotatable bonds is 3. The first-order chi connectivity index (χ1) is 9.04. The fraction of sp³-hybridized carbons (Fsp3) is 0.273. The first kappa shape index (κ1) is 13.5. The van der Waals surface area contributed by atoms with Crippen LogP contribution in [0.2, 0.25) is 0 Å². The molecule has 2 aromatic heterocycles. The monoisotopic (exact) mass is 325 g/mol. The quantitative estimate of drug-likeness (QED) is 0.902. The van der Waals surface area contributed by atoms with Crippen molar-refractivity contribution >= 4 is 27.8 Å². The van der Waals surface area contributed by atoms with Crippen LogP contribution in [0.15, 0.2) is 21.1 Å². The van der Waals surface area contributed by atoms with Crippen LogP contribution in [0.3, 0.4) is 0 Å². The summed E-state index contributed by atoms with van der Waals surface area (Å²) in [4.78, 5) is 19.8. The summed E-state index contributed by atoms with van der Waals surface area (Å²) in [7, 11) is 0. The Morgan fingerprint density at radius 3 is 2.79 bits per heavy atom. The van der Waals surface area contributed by atoms with Gasteiger partial charge in [-0.1, -0.05) is 5.16 Å². The van der Waals surface area contributed by atoms with E-state index in [1.54, 1.807) is 13.0 Å². The van der Waals surface area contributed by atoms with E-state index < -0.39 is 0 Å². The van der Waals surface area contributed by atoms with Crippen LogP contribution in [0, 0.1) is 13.8 Å². The highest BCUT2D eigenvalue weighted by Crippen LogP contribution is 2.15. The number of hydrogen-bond donors (Lipinski definition) is 2. The minimum Gasteiger partial charge on any atom is -0.340 e. The Morgan fingerprint density at radius 2 is 2.16 bits per heavy atom. The zero-order valence-corrected chi connectivity index (χ0v) is 12.0. The lowest BCUT2D eigenvalue weighted by atomic mass is 10.4. The van der Waals surface area contributed by atoms with Gasteiger partial charge in [-0.3, -0.25) is 5.32 Å². The van der Waals surface area contributed by atoms with Crippen LogP contribution in [0.4, 0.5) is 10.6 Å². The molecule has 0 fully saturated rings. The zero-order chi connectivity index (χ0) is 13.8. The van der Waals surface area contributed by atoms with Gasteiger partial charge < -0.3 is 9.84 Å². The van der Waals surface area contributed by atoms with Gasteiger partial charge in [0.05, 0.1) is 12.2 Å². The average Bonchev–Trinajstić information content (AvgIpc) is 2.77. The van der Waals surface area contributed by atoms with Crippen molar-refractivity contribution in [2.45, 2.75) is 20.4 Å². The Hall–Kier alpha value is -1.96. The Morgan fingerprint density at radius 1 is 1.37 bits per heavy atom. The number of hydrogen-bond acceptors (Lipinski definition) is 5. The van der Waals surface area contributed by atoms with Crippen molar-refractivity contribution < 1.29 is 9.32 Å². The molecule has 7 nitrogen and oxygen atoms in total. The number of amides is 2. The molecule has 0 radical (unpaired) electrons. The molecule has 2 rings (SSSR count). The molecule has 0 bridgehead atoms. The summed E-state index contributed by atoms with van der Waals surface area (Å²) in [5.41, 5.74) is 0.798. The lowest BCUT2D eigenvalue weighted by Gasteiger charge is -2.06. The maximum Gasteiger partial charge on any atom is 0.320 e. The number of pyridine rings is 1. The first-order valence-corrected chi connectivity index (χ1v) is 6.31. The number of nitrogens with zero attached hydrogens (tertiary/aromatic N) is 3. The highest BCUT2D eigenvalue weighted by atomic mass is 79.9. The number of halogens is 1. The van der Waals surface area contributed by atoms with Crippen LogP contribution in [-0.2, 0) is 6.54 Å². The molecule has 0 saturated carbocycles. The van der Waals surface area contributed by atoms with Gasteiger partial charge >= 0.3 is 6.03 Å². The summed E-state index contributed by atoms with van der Waals surface area (Å²) in [5, 5.41) is 8.90. The molecule has 0 aliphatic rings. The van der Waals surface area contributed by atoms with E-state index >= 15 is 0 Å². The Balaban J connectivity index is 1.88. The van der Waals surface area contributed by atoms with Crippen LogP contribution < -0.4 is 10.6 Å². The van der Waals surface area contributed by atoms with Crippen LogP contribution in [0.5, 0.6) is 0 Å². The lowest BCUT2D eigenvalue weighted by Crippen LogP contribution is -2.29. The molecule has 0 aromatic carbocycles. The number of carbonyl (C=O) groups excluding carboxylic acids is 1. The highest BCUT2D eigenvalue weighted by Gasteiger charge is 2.07. The van der Waals surface area contributed by atoms with E-state index in [0.717, 1.165) is 10.2 Å². The third-order valence-corrected chi connectivity index (χ3v) is 3.08. The molecule has 0 spiro atoms. The maximum atomic E-state index is 11.6. The second kappa shape index (κ2) is 5.79. The van der Waals surface area contributed by atoms with Gasteiger partial charge in [-0.25, -0.2) is 9.78 Å². The first-order valence-electron chi connectivity index (χ1n) is 5.52. The number of aryl methyl sites for hydroxylation is 2. The molecule has 0 atom stereocenters. The molecule has 100 valence electrons. The van der Waals surface area contributed by atoms with Gasteiger partial charge in [-0.05, 0) is 35.0 Å². The standard InChI is InChI=1S/C11H12BrN5O2/c1-6-8(12)3-4-9(14-6)16-11(18)13-5-10-15-7(2)19-17-10/h3-4H,5H2,1-2H3,(H2,13,14,16,18). The molecule has 2 aromatic rings. The molecule has 8 heteroatoms. The molecule has 2 amide bonds. The number of urea groups is 1. The van der Waals surface area contributed by atoms with Gasteiger partial charge in [-0.15, -0.1) is 0 Å². The highest BCUT2D eigenvalue weighted by molar-refractivity contribution is 9.10. The summed E-state index contributed by atoms with van der Waals surface area (Å²) < 4.78 is 5.68. The van der Waals surface area contributed by atoms with Gasteiger partial charge in [-0.2, -0.15) is 4.98 Å². The van der Waals surface area contributed by atoms with Crippen LogP contribution >= 0.6 is 15.9 Å². The van der Waals surface area contributed by atoms with E-state index in [2.05, 4.69) is 41.7 Å². The SMILES string of the molecule is Cc1nc(CNC(=O)Nc2ccc(Br)c(C)n2)no1. The van der Waals surface area contributed by atoms with Crippen LogP contribution in [0.25, 0.3) is 0 Å². The third-order valence-electron chi connectivity index (χ3n) is 2.24. The Kier molecular flexibility index (Phi) is 4.10. The molecule has 0 unspecified atom stereocenters. The Bertz CT molecular complexity index is 599. The second-order valence-corrected chi connectivity index (χ2v) is 4.66. The Labute approximate surface area is 117 Å². The maximum absolute atomic E-state index is 11.6. The molecular weight excluding hydrogens is 314 g/mol. The van der Waals surface area contributed by atoms with Gasteiger partial charge in [0, 0.05) is 11.4 Å². The summed E-state index contributed by atoms with van der Waals surface area (Å²) in [6.45, 7) is 3.72. The van der Waals surface area contributed by atoms with Crippen LogP contribution in [0.1, 0.15) is 17.4 Å². The fourth-order valence-corrected chi connectivity index (χ4v) is 1.57. The van der Waals surface area contributed by atoms with Crippen molar-refractivity contribution in [3.63, 3.8) is 0 Å². The predicted octanol–water partition coefficient (Wildman–Crippen LogP) is 2.17. The zero-order valence-electron chi connectivity index (χ0n) is 10.4. The number of nitrogens with one attached hydrogen (secondary N) is 2. The molecular formula is C11H12BrN5O2. The average molecular weight is 326 g/mol. The van der Waals surface area contributed by atoms with E-state index in [1.807, 2.05) is 13.0 Å². The van der Waals surface area contributed by atoms with Crippen molar-refractivity contribution in [3.8, 4) is 0 Å². The van der Waals surface area contributed by atoms with Crippen molar-refractivity contribution in [1.82, 2.24) is 20.4 Å². The topological polar surface area (TPSA) is 92.9 Å². The fourth-order valence-electron chi connectivity index (χ4n) is 1.35. The number of anilines is 1. The molecule has 19 heavy (non-hydrogen) atoms. The molecule has 2 N–H and O–H groups in total. The van der Waals surface area contributed by atoms with E-state index in [9.17, 15) is 4.79 Å². The minimum absolute atomic E-state index is 0.193. The summed E-state index contributed by atoms with van der Waals surface area (Å²) >= 11 is 3.34. The summed E-state index contributed by atoms with van der Waals surface area (Å²) in [6.07, 6.45) is 0. The van der Waals surface area contributed by atoms with Gasteiger partial charge in [0.1, 0.15) is 5.82 Å². The van der Waals surface area contributed by atoms with Crippen molar-refractivity contribution in [2.75, 3.05) is 5.32 Å². The van der Waals surface area contributed by atoms with E-state index in [4.69, 9.17) is 4.52 Å². The van der Waals surface area contributed by atoms with E-state index in [1.165, 1.54) is 0 Å². The second-order valence-electron chi connectivity index (χ2n) is 3.80. The number of aromatic nitrogens is 3. The predicted molar refractivity (Wildman–Crippen MR) is 71.6 cm³/mol. The van der Waals surface area contributed by atoms with E-state index in [0.29, 0.717) is 17.5 Å². The smallest absolute Gasteiger partial charge is 0.320 e. The molecule has 0 saturated heterocycles. The van der Waals surface area contributed by atoms with Gasteiger partial charge in [0.25, 0.3) is 0 Å². The molecule has 0 aliphatic heterocycles. The van der Waals surface area contributed by atoms with E-state index in [-0.39, 0.29) is 12.6 Å². The van der Waals surface area contributed by atoms with Gasteiger partial charge in [0.2, 0.25) is 5.89 Å². The molecule has 0 aliphatic carbocycles. The lowest BCUT2D eigenvalue weighted by molar-refractivity contribution is 0.251. The minimum atomic E-state index is -0.378. The normalized spacial score (nSPS) is 10.3. The number of carbonyl (C=O) groups is 1. The third kappa shape index (κ3) is 3.75. The van der Waals surface area contributed by atoms with Crippen molar-refractivity contribution in [3.05, 3.63) is 34.0 Å². The summed E-state index contributed by atoms with van der Waals surface area (Å²) in [5.74, 6) is 1.36. The largest absolute Gasteiger partial charge is 0.340 e. The van der Waals surface area contributed by atoms with Crippen LogP contribution in [-0.4, -0.2) is 21.2 Å². The molecule has 2 heterocycles. The van der Waals surface area contributed by atoms with Crippen molar-refractivity contribution in [1.29, 1.82) is 0 Å². The van der Waals surface area contributed by atoms with Crippen molar-refractivity contribution in [2.24, 2.45) is 0 Å². The summed E-state index contributed by atoms with van der Waals surface area (Å²) in [6, 6.07) is 3.15.